The van der Waals surface area contributed by atoms with E-state index < -0.39 is 0 Å². The third kappa shape index (κ3) is 3.24. The summed E-state index contributed by atoms with van der Waals surface area (Å²) in [4.78, 5) is 4.44. The number of methoxy groups -OCH3 is 2. The third-order valence-corrected chi connectivity index (χ3v) is 4.41. The molecule has 1 heterocycles. The van der Waals surface area contributed by atoms with Crippen molar-refractivity contribution in [1.29, 1.82) is 0 Å². The predicted octanol–water partition coefficient (Wildman–Crippen LogP) is 5.12. The van der Waals surface area contributed by atoms with E-state index in [2.05, 4.69) is 20.9 Å². The lowest BCUT2D eigenvalue weighted by molar-refractivity contribution is 0.394. The van der Waals surface area contributed by atoms with Gasteiger partial charge < -0.3 is 14.2 Å². The second-order valence-corrected chi connectivity index (χ2v) is 5.91. The Balaban J connectivity index is 2.11. The molecular weight excluding hydrogens is 358 g/mol. The van der Waals surface area contributed by atoms with Gasteiger partial charge in [0.1, 0.15) is 17.2 Å². The molecular formula is C18H16BrNO3. The molecule has 0 atom stereocenters. The van der Waals surface area contributed by atoms with Crippen LogP contribution in [0.1, 0.15) is 5.56 Å². The van der Waals surface area contributed by atoms with Gasteiger partial charge in [-0.1, -0.05) is 15.9 Å². The minimum atomic E-state index is 0.506. The summed E-state index contributed by atoms with van der Waals surface area (Å²) in [6.45, 7) is 2.02. The number of benzene rings is 2. The van der Waals surface area contributed by atoms with E-state index in [1.54, 1.807) is 20.3 Å². The number of hydrogen-bond donors (Lipinski definition) is 0. The maximum atomic E-state index is 6.07. The van der Waals surface area contributed by atoms with Gasteiger partial charge in [-0.2, -0.15) is 0 Å². The molecule has 3 aromatic rings. The Labute approximate surface area is 143 Å². The molecule has 0 saturated heterocycles. The zero-order valence-electron chi connectivity index (χ0n) is 13.1. The van der Waals surface area contributed by atoms with Crippen molar-refractivity contribution in [3.63, 3.8) is 0 Å². The number of fused-ring (bicyclic) bond motifs is 1. The Morgan fingerprint density at radius 3 is 2.39 bits per heavy atom. The Hall–Kier alpha value is -2.27. The van der Waals surface area contributed by atoms with E-state index in [1.165, 1.54) is 0 Å². The van der Waals surface area contributed by atoms with Crippen LogP contribution in [-0.4, -0.2) is 19.2 Å². The van der Waals surface area contributed by atoms with Gasteiger partial charge in [-0.05, 0) is 48.9 Å². The van der Waals surface area contributed by atoms with E-state index in [-0.39, 0.29) is 0 Å². The minimum absolute atomic E-state index is 0.506. The number of aryl methyl sites for hydroxylation is 1. The molecule has 0 radical (unpaired) electrons. The molecule has 4 nitrogen and oxygen atoms in total. The molecule has 5 heteroatoms. The number of aromatic nitrogens is 1. The number of halogens is 1. The summed E-state index contributed by atoms with van der Waals surface area (Å²) in [5.74, 6) is 2.68. The number of nitrogens with zero attached hydrogens (tertiary/aromatic N) is 1. The van der Waals surface area contributed by atoms with Crippen LogP contribution in [0, 0.1) is 6.92 Å². The SMILES string of the molecule is COc1ccc2nc(OC)cc(Oc3ccc(Br)c(C)c3)c2c1. The molecule has 0 amide bonds. The van der Waals surface area contributed by atoms with Gasteiger partial charge in [-0.25, -0.2) is 4.98 Å². The van der Waals surface area contributed by atoms with Gasteiger partial charge in [0.2, 0.25) is 5.88 Å². The summed E-state index contributed by atoms with van der Waals surface area (Å²) in [5, 5.41) is 0.866. The second-order valence-electron chi connectivity index (χ2n) is 5.06. The van der Waals surface area contributed by atoms with Crippen LogP contribution in [0.25, 0.3) is 10.9 Å². The molecule has 0 aliphatic carbocycles. The minimum Gasteiger partial charge on any atom is -0.497 e. The highest BCUT2D eigenvalue weighted by atomic mass is 79.9. The highest BCUT2D eigenvalue weighted by Crippen LogP contribution is 2.35. The molecule has 0 N–H and O–H groups in total. The zero-order valence-corrected chi connectivity index (χ0v) is 14.7. The van der Waals surface area contributed by atoms with Crippen LogP contribution in [-0.2, 0) is 0 Å². The fraction of sp³-hybridized carbons (Fsp3) is 0.167. The topological polar surface area (TPSA) is 40.6 Å². The van der Waals surface area contributed by atoms with Crippen molar-refractivity contribution < 1.29 is 14.2 Å². The molecule has 2 aromatic carbocycles. The average Bonchev–Trinajstić information content (AvgIpc) is 2.57. The molecule has 23 heavy (non-hydrogen) atoms. The van der Waals surface area contributed by atoms with Crippen LogP contribution < -0.4 is 14.2 Å². The van der Waals surface area contributed by atoms with E-state index in [0.717, 1.165) is 32.4 Å². The molecule has 0 unspecified atom stereocenters. The Bertz CT molecular complexity index is 864. The maximum absolute atomic E-state index is 6.07. The number of ether oxygens (including phenoxy) is 3. The van der Waals surface area contributed by atoms with E-state index in [1.807, 2.05) is 43.3 Å². The van der Waals surface area contributed by atoms with Crippen LogP contribution in [0.15, 0.2) is 46.9 Å². The van der Waals surface area contributed by atoms with Gasteiger partial charge >= 0.3 is 0 Å². The van der Waals surface area contributed by atoms with Crippen molar-refractivity contribution in [1.82, 2.24) is 4.98 Å². The Morgan fingerprint density at radius 1 is 0.913 bits per heavy atom. The summed E-state index contributed by atoms with van der Waals surface area (Å²) in [7, 11) is 3.22. The van der Waals surface area contributed by atoms with Crippen LogP contribution >= 0.6 is 15.9 Å². The highest BCUT2D eigenvalue weighted by molar-refractivity contribution is 9.10. The smallest absolute Gasteiger partial charge is 0.217 e. The number of pyridine rings is 1. The van der Waals surface area contributed by atoms with Gasteiger partial charge in [0.05, 0.1) is 19.7 Å². The van der Waals surface area contributed by atoms with Gasteiger partial charge in [0.25, 0.3) is 0 Å². The van der Waals surface area contributed by atoms with Gasteiger partial charge in [0.15, 0.2) is 0 Å². The summed E-state index contributed by atoms with van der Waals surface area (Å²) < 4.78 is 17.7. The van der Waals surface area contributed by atoms with Crippen molar-refractivity contribution >= 4 is 26.8 Å². The number of rotatable bonds is 4. The zero-order chi connectivity index (χ0) is 16.4. The summed E-state index contributed by atoms with van der Waals surface area (Å²) in [5.41, 5.74) is 1.89. The second kappa shape index (κ2) is 6.46. The van der Waals surface area contributed by atoms with Crippen molar-refractivity contribution in [2.45, 2.75) is 6.92 Å². The molecule has 118 valence electrons. The summed E-state index contributed by atoms with van der Waals surface area (Å²) in [6.07, 6.45) is 0. The van der Waals surface area contributed by atoms with Crippen LogP contribution in [0.4, 0.5) is 0 Å². The van der Waals surface area contributed by atoms with E-state index in [4.69, 9.17) is 14.2 Å². The van der Waals surface area contributed by atoms with Gasteiger partial charge in [0, 0.05) is 15.9 Å². The first kappa shape index (κ1) is 15.6. The first-order valence-corrected chi connectivity index (χ1v) is 7.87. The standard InChI is InChI=1S/C18H16BrNO3/c1-11-8-13(4-6-15(11)19)23-17-10-18(22-3)20-16-7-5-12(21-2)9-14(16)17/h4-10H,1-3H3. The quantitative estimate of drug-likeness (QED) is 0.636. The molecule has 0 bridgehead atoms. The fourth-order valence-corrected chi connectivity index (χ4v) is 2.52. The predicted molar refractivity (Wildman–Crippen MR) is 93.8 cm³/mol. The molecule has 0 aliphatic rings. The lowest BCUT2D eigenvalue weighted by Gasteiger charge is -2.12. The summed E-state index contributed by atoms with van der Waals surface area (Å²) in [6, 6.07) is 13.3. The lowest BCUT2D eigenvalue weighted by Crippen LogP contribution is -1.93. The normalized spacial score (nSPS) is 10.6. The van der Waals surface area contributed by atoms with Gasteiger partial charge in [-0.3, -0.25) is 0 Å². The van der Waals surface area contributed by atoms with Crippen molar-refractivity contribution in [2.24, 2.45) is 0 Å². The fourth-order valence-electron chi connectivity index (χ4n) is 2.27. The van der Waals surface area contributed by atoms with Crippen LogP contribution in [0.5, 0.6) is 23.1 Å². The largest absolute Gasteiger partial charge is 0.497 e. The van der Waals surface area contributed by atoms with Crippen molar-refractivity contribution in [3.8, 4) is 23.1 Å². The third-order valence-electron chi connectivity index (χ3n) is 3.52. The first-order chi connectivity index (χ1) is 11.1. The molecule has 0 aliphatic heterocycles. The Morgan fingerprint density at radius 2 is 1.70 bits per heavy atom. The van der Waals surface area contributed by atoms with Crippen molar-refractivity contribution in [3.05, 3.63) is 52.5 Å². The molecule has 0 saturated carbocycles. The summed E-state index contributed by atoms with van der Waals surface area (Å²) >= 11 is 3.49. The first-order valence-electron chi connectivity index (χ1n) is 7.07. The highest BCUT2D eigenvalue weighted by Gasteiger charge is 2.10. The number of hydrogen-bond acceptors (Lipinski definition) is 4. The van der Waals surface area contributed by atoms with E-state index >= 15 is 0 Å². The van der Waals surface area contributed by atoms with Crippen LogP contribution in [0.3, 0.4) is 0 Å². The molecule has 0 fully saturated rings. The monoisotopic (exact) mass is 373 g/mol. The van der Waals surface area contributed by atoms with Gasteiger partial charge in [-0.15, -0.1) is 0 Å². The van der Waals surface area contributed by atoms with E-state index in [0.29, 0.717) is 11.6 Å². The average molecular weight is 374 g/mol. The molecule has 1 aromatic heterocycles. The lowest BCUT2D eigenvalue weighted by atomic mass is 10.2. The maximum Gasteiger partial charge on any atom is 0.217 e. The molecule has 3 rings (SSSR count). The van der Waals surface area contributed by atoms with Crippen molar-refractivity contribution in [2.75, 3.05) is 14.2 Å². The van der Waals surface area contributed by atoms with Crippen LogP contribution in [0.2, 0.25) is 0 Å². The van der Waals surface area contributed by atoms with E-state index in [9.17, 15) is 0 Å². The molecule has 0 spiro atoms. The Kier molecular flexibility index (Phi) is 4.39.